The Morgan fingerprint density at radius 3 is 1.58 bits per heavy atom. The molecule has 0 saturated heterocycles. The molecule has 7 nitrogen and oxygen atoms in total. The van der Waals surface area contributed by atoms with Crippen molar-refractivity contribution in [3.05, 3.63) is 72.8 Å². The van der Waals surface area contributed by atoms with E-state index in [1.54, 1.807) is 48.0 Å². The molecule has 4 aromatic rings. The highest BCUT2D eigenvalue weighted by molar-refractivity contribution is 6.05. The van der Waals surface area contributed by atoms with E-state index in [0.717, 1.165) is 11.4 Å². The number of carbonyl (C=O) groups is 1. The summed E-state index contributed by atoms with van der Waals surface area (Å²) in [5.74, 6) is 0.373. The molecule has 0 saturated carbocycles. The molecule has 0 atom stereocenters. The van der Waals surface area contributed by atoms with Crippen LogP contribution in [0.1, 0.15) is 16.4 Å². The number of carbonyl (C=O) groups excluding carboxylic acids is 1. The lowest BCUT2D eigenvalue weighted by atomic mass is 10.3. The largest absolute Gasteiger partial charge is 0.330 e. The Kier molecular flexibility index (Phi) is 3.89. The highest BCUT2D eigenvalue weighted by Crippen LogP contribution is 2.19. The highest BCUT2D eigenvalue weighted by atomic mass is 16.1. The van der Waals surface area contributed by atoms with E-state index in [2.05, 4.69) is 19.9 Å². The summed E-state index contributed by atoms with van der Waals surface area (Å²) in [6, 6.07) is 11.2. The monoisotopic (exact) mass is 344 g/mol. The molecule has 7 heteroatoms. The van der Waals surface area contributed by atoms with E-state index in [-0.39, 0.29) is 5.78 Å². The summed E-state index contributed by atoms with van der Waals surface area (Å²) < 4.78 is 3.39. The van der Waals surface area contributed by atoms with Gasteiger partial charge in [0.15, 0.2) is 11.6 Å². The smallest absolute Gasteiger partial charge is 0.263 e. The predicted molar refractivity (Wildman–Crippen MR) is 96.3 cm³/mol. The topological polar surface area (TPSA) is 78.5 Å². The third-order valence-electron chi connectivity index (χ3n) is 4.01. The number of hydrogen-bond donors (Lipinski definition) is 0. The zero-order valence-corrected chi connectivity index (χ0v) is 14.4. The molecule has 4 heterocycles. The second kappa shape index (κ2) is 6.36. The summed E-state index contributed by atoms with van der Waals surface area (Å²) in [6.45, 7) is 0. The van der Waals surface area contributed by atoms with Crippen LogP contribution in [0.3, 0.4) is 0 Å². The minimum absolute atomic E-state index is 0.251. The molecule has 0 aliphatic carbocycles. The standard InChI is InChI=1S/C19H16N6O/c1-24-11-15(13-7-3-5-9-20-13)22-18(24)17(26)19-23-16(12-25(19)2)14-8-4-6-10-21-14/h3-12H,1-2H3. The Balaban J connectivity index is 1.71. The first-order valence-corrected chi connectivity index (χ1v) is 8.07. The number of nitrogens with zero attached hydrogens (tertiary/aromatic N) is 6. The molecule has 0 spiro atoms. The Bertz CT molecular complexity index is 980. The van der Waals surface area contributed by atoms with Gasteiger partial charge < -0.3 is 9.13 Å². The normalized spacial score (nSPS) is 10.8. The molecule has 0 bridgehead atoms. The van der Waals surface area contributed by atoms with Crippen LogP contribution < -0.4 is 0 Å². The van der Waals surface area contributed by atoms with Gasteiger partial charge in [-0.2, -0.15) is 0 Å². The van der Waals surface area contributed by atoms with Crippen LogP contribution in [0.25, 0.3) is 22.8 Å². The second-order valence-corrected chi connectivity index (χ2v) is 5.88. The van der Waals surface area contributed by atoms with Gasteiger partial charge in [-0.25, -0.2) is 9.97 Å². The van der Waals surface area contributed by atoms with Gasteiger partial charge in [0.1, 0.15) is 11.4 Å². The molecule has 0 radical (unpaired) electrons. The van der Waals surface area contributed by atoms with E-state index in [0.29, 0.717) is 23.0 Å². The van der Waals surface area contributed by atoms with Crippen molar-refractivity contribution in [3.8, 4) is 22.8 Å². The van der Waals surface area contributed by atoms with Crippen molar-refractivity contribution in [2.24, 2.45) is 14.1 Å². The van der Waals surface area contributed by atoms with Crippen LogP contribution in [-0.4, -0.2) is 34.9 Å². The number of imidazole rings is 2. The van der Waals surface area contributed by atoms with Gasteiger partial charge in [0.25, 0.3) is 5.78 Å². The first-order chi connectivity index (χ1) is 12.6. The lowest BCUT2D eigenvalue weighted by Gasteiger charge is -2.00. The molecule has 4 rings (SSSR count). The molecule has 0 aliphatic heterocycles. The van der Waals surface area contributed by atoms with Crippen molar-refractivity contribution in [1.29, 1.82) is 0 Å². The zero-order chi connectivity index (χ0) is 18.1. The Morgan fingerprint density at radius 1 is 0.731 bits per heavy atom. The maximum absolute atomic E-state index is 13.0. The second-order valence-electron chi connectivity index (χ2n) is 5.88. The number of ketones is 1. The molecule has 0 aliphatic rings. The van der Waals surface area contributed by atoms with Gasteiger partial charge in [-0.1, -0.05) is 12.1 Å². The van der Waals surface area contributed by atoms with Crippen LogP contribution in [0.15, 0.2) is 61.2 Å². The number of hydrogen-bond acceptors (Lipinski definition) is 5. The van der Waals surface area contributed by atoms with Gasteiger partial charge >= 0.3 is 0 Å². The van der Waals surface area contributed by atoms with E-state index in [4.69, 9.17) is 0 Å². The van der Waals surface area contributed by atoms with Crippen molar-refractivity contribution in [2.75, 3.05) is 0 Å². The maximum atomic E-state index is 13.0. The number of pyridine rings is 2. The average molecular weight is 344 g/mol. The Morgan fingerprint density at radius 2 is 1.19 bits per heavy atom. The van der Waals surface area contributed by atoms with E-state index in [1.165, 1.54) is 0 Å². The summed E-state index contributed by atoms with van der Waals surface area (Å²) in [4.78, 5) is 30.5. The lowest BCUT2D eigenvalue weighted by molar-refractivity contribution is 0.101. The van der Waals surface area contributed by atoms with Crippen molar-refractivity contribution in [3.63, 3.8) is 0 Å². The lowest BCUT2D eigenvalue weighted by Crippen LogP contribution is -2.13. The fourth-order valence-electron chi connectivity index (χ4n) is 2.73. The molecule has 4 aromatic heterocycles. The van der Waals surface area contributed by atoms with Gasteiger partial charge in [-0.3, -0.25) is 14.8 Å². The van der Waals surface area contributed by atoms with Gasteiger partial charge in [-0.15, -0.1) is 0 Å². The summed E-state index contributed by atoms with van der Waals surface area (Å²) in [6.07, 6.45) is 6.98. The minimum atomic E-state index is -0.251. The molecule has 26 heavy (non-hydrogen) atoms. The molecule has 128 valence electrons. The Labute approximate surface area is 150 Å². The van der Waals surface area contributed by atoms with E-state index >= 15 is 0 Å². The fourth-order valence-corrected chi connectivity index (χ4v) is 2.73. The Hall–Kier alpha value is -3.61. The van der Waals surface area contributed by atoms with E-state index < -0.39 is 0 Å². The molecular weight excluding hydrogens is 328 g/mol. The maximum Gasteiger partial charge on any atom is 0.263 e. The minimum Gasteiger partial charge on any atom is -0.330 e. The van der Waals surface area contributed by atoms with Crippen LogP contribution in [0.2, 0.25) is 0 Å². The van der Waals surface area contributed by atoms with E-state index in [9.17, 15) is 4.79 Å². The first-order valence-electron chi connectivity index (χ1n) is 8.07. The summed E-state index contributed by atoms with van der Waals surface area (Å²) in [5.41, 5.74) is 2.73. The molecular formula is C19H16N6O. The van der Waals surface area contributed by atoms with Gasteiger partial charge in [-0.05, 0) is 24.3 Å². The van der Waals surface area contributed by atoms with Crippen molar-refractivity contribution >= 4 is 5.78 Å². The zero-order valence-electron chi connectivity index (χ0n) is 14.4. The van der Waals surface area contributed by atoms with Crippen LogP contribution >= 0.6 is 0 Å². The van der Waals surface area contributed by atoms with Crippen molar-refractivity contribution in [1.82, 2.24) is 29.1 Å². The van der Waals surface area contributed by atoms with Crippen LogP contribution in [0.4, 0.5) is 0 Å². The molecule has 0 aromatic carbocycles. The highest BCUT2D eigenvalue weighted by Gasteiger charge is 2.22. The van der Waals surface area contributed by atoms with Gasteiger partial charge in [0.05, 0.1) is 11.4 Å². The van der Waals surface area contributed by atoms with Crippen molar-refractivity contribution < 1.29 is 4.79 Å². The number of aryl methyl sites for hydroxylation is 2. The summed E-state index contributed by atoms with van der Waals surface area (Å²) in [5, 5.41) is 0. The quantitative estimate of drug-likeness (QED) is 0.532. The summed E-state index contributed by atoms with van der Waals surface area (Å²) >= 11 is 0. The SMILES string of the molecule is Cn1cc(-c2ccccn2)nc1C(=O)c1nc(-c2ccccn2)cn1C. The molecule has 0 amide bonds. The first kappa shape index (κ1) is 15.9. The molecule has 0 unspecified atom stereocenters. The predicted octanol–water partition coefficient (Wildman–Crippen LogP) is 2.51. The van der Waals surface area contributed by atoms with Gasteiger partial charge in [0, 0.05) is 38.9 Å². The molecule has 0 fully saturated rings. The van der Waals surface area contributed by atoms with Crippen LogP contribution in [-0.2, 0) is 14.1 Å². The molecule has 0 N–H and O–H groups in total. The average Bonchev–Trinajstić information content (AvgIpc) is 3.26. The van der Waals surface area contributed by atoms with Crippen molar-refractivity contribution in [2.45, 2.75) is 0 Å². The van der Waals surface area contributed by atoms with Crippen LogP contribution in [0, 0.1) is 0 Å². The van der Waals surface area contributed by atoms with Crippen LogP contribution in [0.5, 0.6) is 0 Å². The van der Waals surface area contributed by atoms with Gasteiger partial charge in [0.2, 0.25) is 0 Å². The summed E-state index contributed by atoms with van der Waals surface area (Å²) in [7, 11) is 3.57. The van der Waals surface area contributed by atoms with E-state index in [1.807, 2.05) is 36.4 Å². The third kappa shape index (κ3) is 2.79. The third-order valence-corrected chi connectivity index (χ3v) is 4.01. The number of aromatic nitrogens is 6. The fraction of sp³-hybridized carbons (Fsp3) is 0.105. The number of rotatable bonds is 4.